The summed E-state index contributed by atoms with van der Waals surface area (Å²) in [5.74, 6) is 1.69. The number of imidazole rings is 1. The number of fused-ring (bicyclic) bond motifs is 1. The van der Waals surface area contributed by atoms with Gasteiger partial charge in [0.2, 0.25) is 0 Å². The second-order valence-electron chi connectivity index (χ2n) is 3.68. The Morgan fingerprint density at radius 2 is 1.93 bits per heavy atom. The molecular formula is C10H8Cl2N2. The summed E-state index contributed by atoms with van der Waals surface area (Å²) in [5, 5.41) is 1.14. The summed E-state index contributed by atoms with van der Waals surface area (Å²) >= 11 is 11.8. The van der Waals surface area contributed by atoms with Crippen LogP contribution in [0, 0.1) is 0 Å². The molecule has 0 bridgehead atoms. The highest BCUT2D eigenvalue weighted by molar-refractivity contribution is 6.42. The zero-order valence-electron chi connectivity index (χ0n) is 7.35. The normalized spacial score (nSPS) is 16.4. The van der Waals surface area contributed by atoms with Gasteiger partial charge in [-0.2, -0.15) is 0 Å². The highest BCUT2D eigenvalue weighted by Gasteiger charge is 2.26. The predicted molar refractivity (Wildman–Crippen MR) is 58.1 cm³/mol. The summed E-state index contributed by atoms with van der Waals surface area (Å²) in [7, 11) is 0. The molecule has 1 saturated carbocycles. The molecule has 0 amide bonds. The van der Waals surface area contributed by atoms with Gasteiger partial charge < -0.3 is 4.98 Å². The number of nitrogens with one attached hydrogen (secondary N) is 1. The third kappa shape index (κ3) is 1.30. The van der Waals surface area contributed by atoms with Crippen molar-refractivity contribution < 1.29 is 0 Å². The Morgan fingerprint density at radius 1 is 1.21 bits per heavy atom. The van der Waals surface area contributed by atoms with Crippen molar-refractivity contribution in [3.63, 3.8) is 0 Å². The Balaban J connectivity index is 2.22. The lowest BCUT2D eigenvalue weighted by molar-refractivity contribution is 0.986. The number of nitrogens with zero attached hydrogens (tertiary/aromatic N) is 1. The molecule has 1 fully saturated rings. The lowest BCUT2D eigenvalue weighted by atomic mass is 10.3. The topological polar surface area (TPSA) is 28.7 Å². The molecule has 1 aromatic heterocycles. The van der Waals surface area contributed by atoms with Crippen molar-refractivity contribution in [2.45, 2.75) is 18.8 Å². The summed E-state index contributed by atoms with van der Waals surface area (Å²) in [6.07, 6.45) is 2.47. The van der Waals surface area contributed by atoms with Gasteiger partial charge in [-0.05, 0) is 25.0 Å². The van der Waals surface area contributed by atoms with E-state index < -0.39 is 0 Å². The number of halogens is 2. The van der Waals surface area contributed by atoms with E-state index in [2.05, 4.69) is 9.97 Å². The van der Waals surface area contributed by atoms with Crippen LogP contribution >= 0.6 is 23.2 Å². The monoisotopic (exact) mass is 226 g/mol. The van der Waals surface area contributed by atoms with Crippen molar-refractivity contribution in [1.82, 2.24) is 9.97 Å². The van der Waals surface area contributed by atoms with Crippen LogP contribution in [0.1, 0.15) is 24.6 Å². The standard InChI is InChI=1S/C10H8Cl2N2/c11-6-3-8-9(4-7(6)12)14-10(13-8)5-1-2-5/h3-5H,1-2H2,(H,13,14). The van der Waals surface area contributed by atoms with E-state index >= 15 is 0 Å². The number of aromatic amines is 1. The molecule has 0 spiro atoms. The van der Waals surface area contributed by atoms with Crippen molar-refractivity contribution in [3.8, 4) is 0 Å². The van der Waals surface area contributed by atoms with E-state index in [-0.39, 0.29) is 0 Å². The fraction of sp³-hybridized carbons (Fsp3) is 0.300. The summed E-state index contributed by atoms with van der Waals surface area (Å²) in [5.41, 5.74) is 1.88. The number of aromatic nitrogens is 2. The van der Waals surface area contributed by atoms with Crippen LogP contribution in [0.2, 0.25) is 10.0 Å². The van der Waals surface area contributed by atoms with Gasteiger partial charge in [-0.1, -0.05) is 23.2 Å². The average Bonchev–Trinajstić information content (AvgIpc) is 2.90. The van der Waals surface area contributed by atoms with Crippen LogP contribution in [-0.4, -0.2) is 9.97 Å². The van der Waals surface area contributed by atoms with Gasteiger partial charge in [-0.15, -0.1) is 0 Å². The molecule has 2 nitrogen and oxygen atoms in total. The third-order valence-electron chi connectivity index (χ3n) is 2.51. The molecule has 0 aliphatic heterocycles. The van der Waals surface area contributed by atoms with Gasteiger partial charge in [-0.25, -0.2) is 4.98 Å². The van der Waals surface area contributed by atoms with E-state index in [9.17, 15) is 0 Å². The molecule has 3 rings (SSSR count). The number of hydrogen-bond donors (Lipinski definition) is 1. The molecule has 0 saturated heterocycles. The largest absolute Gasteiger partial charge is 0.342 e. The van der Waals surface area contributed by atoms with Crippen molar-refractivity contribution in [2.75, 3.05) is 0 Å². The summed E-state index contributed by atoms with van der Waals surface area (Å²) in [6, 6.07) is 3.64. The van der Waals surface area contributed by atoms with Gasteiger partial charge in [0.15, 0.2) is 0 Å². The summed E-state index contributed by atoms with van der Waals surface area (Å²) in [6.45, 7) is 0. The Hall–Kier alpha value is -0.730. The van der Waals surface area contributed by atoms with Crippen LogP contribution in [-0.2, 0) is 0 Å². The van der Waals surface area contributed by atoms with Crippen molar-refractivity contribution >= 4 is 34.2 Å². The van der Waals surface area contributed by atoms with E-state index in [4.69, 9.17) is 23.2 Å². The third-order valence-corrected chi connectivity index (χ3v) is 3.23. The lowest BCUT2D eigenvalue weighted by Gasteiger charge is -1.93. The van der Waals surface area contributed by atoms with E-state index in [1.165, 1.54) is 12.8 Å². The van der Waals surface area contributed by atoms with Gasteiger partial charge in [0.1, 0.15) is 5.82 Å². The molecule has 1 N–H and O–H groups in total. The first-order valence-corrected chi connectivity index (χ1v) is 5.34. The number of hydrogen-bond acceptors (Lipinski definition) is 1. The molecule has 72 valence electrons. The summed E-state index contributed by atoms with van der Waals surface area (Å²) < 4.78 is 0. The molecule has 1 aliphatic carbocycles. The first-order valence-electron chi connectivity index (χ1n) is 4.59. The number of rotatable bonds is 1. The van der Waals surface area contributed by atoms with Gasteiger partial charge in [0.05, 0.1) is 21.1 Å². The van der Waals surface area contributed by atoms with Crippen LogP contribution in [0.4, 0.5) is 0 Å². The Morgan fingerprint density at radius 3 is 2.64 bits per heavy atom. The van der Waals surface area contributed by atoms with E-state index in [1.807, 2.05) is 12.1 Å². The fourth-order valence-corrected chi connectivity index (χ4v) is 1.90. The smallest absolute Gasteiger partial charge is 0.110 e. The lowest BCUT2D eigenvalue weighted by Crippen LogP contribution is -1.79. The summed E-state index contributed by atoms with van der Waals surface area (Å²) in [4.78, 5) is 7.75. The zero-order chi connectivity index (χ0) is 9.71. The predicted octanol–water partition coefficient (Wildman–Crippen LogP) is 3.75. The minimum absolute atomic E-state index is 0.563. The van der Waals surface area contributed by atoms with Crippen LogP contribution in [0.15, 0.2) is 12.1 Å². The van der Waals surface area contributed by atoms with Crippen molar-refractivity contribution in [3.05, 3.63) is 28.0 Å². The minimum atomic E-state index is 0.563. The maximum atomic E-state index is 5.91. The van der Waals surface area contributed by atoms with Crippen LogP contribution in [0.25, 0.3) is 11.0 Å². The zero-order valence-corrected chi connectivity index (χ0v) is 8.86. The molecule has 14 heavy (non-hydrogen) atoms. The Kier molecular flexibility index (Phi) is 1.76. The van der Waals surface area contributed by atoms with E-state index in [1.54, 1.807) is 0 Å². The Labute approximate surface area is 91.2 Å². The van der Waals surface area contributed by atoms with Gasteiger partial charge in [0, 0.05) is 5.92 Å². The fourth-order valence-electron chi connectivity index (χ4n) is 1.57. The van der Waals surface area contributed by atoms with Gasteiger partial charge in [-0.3, -0.25) is 0 Å². The SMILES string of the molecule is Clc1cc2nc(C3CC3)[nH]c2cc1Cl. The maximum absolute atomic E-state index is 5.91. The highest BCUT2D eigenvalue weighted by atomic mass is 35.5. The van der Waals surface area contributed by atoms with Gasteiger partial charge in [0.25, 0.3) is 0 Å². The van der Waals surface area contributed by atoms with Crippen LogP contribution in [0.5, 0.6) is 0 Å². The molecular weight excluding hydrogens is 219 g/mol. The first kappa shape index (κ1) is 8.57. The molecule has 0 radical (unpaired) electrons. The Bertz CT molecular complexity index is 461. The first-order chi connectivity index (χ1) is 6.74. The molecule has 1 heterocycles. The molecule has 0 atom stereocenters. The van der Waals surface area contributed by atoms with Crippen molar-refractivity contribution in [1.29, 1.82) is 0 Å². The molecule has 0 unspecified atom stereocenters. The number of H-pyrrole nitrogens is 1. The second-order valence-corrected chi connectivity index (χ2v) is 4.49. The number of benzene rings is 1. The molecule has 1 aliphatic rings. The van der Waals surface area contributed by atoms with Crippen LogP contribution < -0.4 is 0 Å². The molecule has 1 aromatic carbocycles. The maximum Gasteiger partial charge on any atom is 0.110 e. The quantitative estimate of drug-likeness (QED) is 0.789. The minimum Gasteiger partial charge on any atom is -0.342 e. The highest BCUT2D eigenvalue weighted by Crippen LogP contribution is 2.39. The van der Waals surface area contributed by atoms with Crippen LogP contribution in [0.3, 0.4) is 0 Å². The van der Waals surface area contributed by atoms with Crippen molar-refractivity contribution in [2.24, 2.45) is 0 Å². The van der Waals surface area contributed by atoms with Gasteiger partial charge >= 0.3 is 0 Å². The molecule has 2 aromatic rings. The average molecular weight is 227 g/mol. The van der Waals surface area contributed by atoms with E-state index in [0.717, 1.165) is 16.9 Å². The second kappa shape index (κ2) is 2.88. The van der Waals surface area contributed by atoms with E-state index in [0.29, 0.717) is 16.0 Å². The molecule has 4 heteroatoms.